The normalized spacial score (nSPS) is 26.9. The average molecular weight is 376 g/mol. The van der Waals surface area contributed by atoms with E-state index in [9.17, 15) is 9.59 Å². The summed E-state index contributed by atoms with van der Waals surface area (Å²) in [5.41, 5.74) is 3.45. The molecule has 0 bridgehead atoms. The minimum Gasteiger partial charge on any atom is -0.485 e. The van der Waals surface area contributed by atoms with Gasteiger partial charge in [0.2, 0.25) is 6.10 Å². The molecule has 142 valence electrons. The predicted octanol–water partition coefficient (Wildman–Crippen LogP) is 2.86. The standard InChI is InChI=1S/C22H20N2O4/c25-21-16-6-2-1-5-14(16)15-10-9-13(11-17(15)24-21)23-22(26)20-12-27-18-7-3-4-8-19(18)28-20/h3-4,7-11,15,20H,1-2,5-6,12H2,(H,24,25). The Morgan fingerprint density at radius 1 is 1.14 bits per heavy atom. The number of hydrogen-bond donors (Lipinski definition) is 1. The zero-order valence-electron chi connectivity index (χ0n) is 15.3. The zero-order chi connectivity index (χ0) is 19.1. The van der Waals surface area contributed by atoms with Gasteiger partial charge in [0.15, 0.2) is 11.5 Å². The van der Waals surface area contributed by atoms with Crippen molar-refractivity contribution in [3.05, 3.63) is 59.3 Å². The summed E-state index contributed by atoms with van der Waals surface area (Å²) in [6.07, 6.45) is 8.86. The molecule has 0 saturated carbocycles. The maximum Gasteiger partial charge on any atom is 0.290 e. The maximum absolute atomic E-state index is 12.6. The van der Waals surface area contributed by atoms with Gasteiger partial charge in [0.1, 0.15) is 6.61 Å². The molecule has 1 aromatic rings. The largest absolute Gasteiger partial charge is 0.485 e. The number of nitrogens with one attached hydrogen (secondary N) is 1. The molecule has 6 nitrogen and oxygen atoms in total. The van der Waals surface area contributed by atoms with Crippen LogP contribution in [0.15, 0.2) is 64.3 Å². The molecule has 0 saturated heterocycles. The Labute approximate surface area is 162 Å². The molecule has 2 heterocycles. The van der Waals surface area contributed by atoms with Gasteiger partial charge in [-0.25, -0.2) is 4.99 Å². The van der Waals surface area contributed by atoms with Crippen LogP contribution in [-0.2, 0) is 9.59 Å². The van der Waals surface area contributed by atoms with Crippen LogP contribution in [-0.4, -0.2) is 30.2 Å². The fraction of sp³-hybridized carbons (Fsp3) is 0.318. The third-order valence-electron chi connectivity index (χ3n) is 5.54. The van der Waals surface area contributed by atoms with Gasteiger partial charge < -0.3 is 14.8 Å². The van der Waals surface area contributed by atoms with Gasteiger partial charge in [0, 0.05) is 17.2 Å². The quantitative estimate of drug-likeness (QED) is 0.818. The molecule has 5 rings (SSSR count). The number of ether oxygens (including phenoxy) is 2. The number of hydrogen-bond acceptors (Lipinski definition) is 4. The first-order valence-electron chi connectivity index (χ1n) is 9.63. The topological polar surface area (TPSA) is 77.0 Å². The number of benzene rings is 1. The van der Waals surface area contributed by atoms with E-state index in [0.717, 1.165) is 37.0 Å². The van der Waals surface area contributed by atoms with Crippen LogP contribution in [0.2, 0.25) is 0 Å². The van der Waals surface area contributed by atoms with Crippen molar-refractivity contribution in [2.24, 2.45) is 10.9 Å². The van der Waals surface area contributed by atoms with E-state index in [1.807, 2.05) is 24.3 Å². The molecule has 1 aromatic carbocycles. The molecule has 2 atom stereocenters. The van der Waals surface area contributed by atoms with Crippen molar-refractivity contribution in [3.8, 4) is 11.5 Å². The first-order chi connectivity index (χ1) is 13.7. The first-order valence-corrected chi connectivity index (χ1v) is 9.63. The summed E-state index contributed by atoms with van der Waals surface area (Å²) in [6.45, 7) is 0.127. The minimum absolute atomic E-state index is 0.0150. The van der Waals surface area contributed by atoms with Crippen molar-refractivity contribution >= 4 is 17.5 Å². The maximum atomic E-state index is 12.6. The van der Waals surface area contributed by atoms with Gasteiger partial charge in [-0.15, -0.1) is 0 Å². The predicted molar refractivity (Wildman–Crippen MR) is 103 cm³/mol. The van der Waals surface area contributed by atoms with Gasteiger partial charge in [-0.1, -0.05) is 18.2 Å². The molecule has 2 unspecified atom stereocenters. The Hall–Kier alpha value is -3.15. The SMILES string of the molecule is O=C1NC2=CC(=NC(=O)C3COc4ccccc4O3)C=CC2C2=C1CCCC2. The summed E-state index contributed by atoms with van der Waals surface area (Å²) < 4.78 is 11.3. The lowest BCUT2D eigenvalue weighted by Gasteiger charge is -2.33. The lowest BCUT2D eigenvalue weighted by Crippen LogP contribution is -2.38. The van der Waals surface area contributed by atoms with E-state index in [1.54, 1.807) is 18.2 Å². The highest BCUT2D eigenvalue weighted by molar-refractivity contribution is 6.12. The zero-order valence-corrected chi connectivity index (χ0v) is 15.3. The molecule has 1 N–H and O–H groups in total. The molecular formula is C22H20N2O4. The smallest absolute Gasteiger partial charge is 0.290 e. The summed E-state index contributed by atoms with van der Waals surface area (Å²) in [4.78, 5) is 29.2. The van der Waals surface area contributed by atoms with E-state index in [4.69, 9.17) is 9.47 Å². The molecule has 0 spiro atoms. The highest BCUT2D eigenvalue weighted by Gasteiger charge is 2.33. The Bertz CT molecular complexity index is 986. The molecule has 2 aliphatic carbocycles. The van der Waals surface area contributed by atoms with E-state index >= 15 is 0 Å². The number of para-hydroxylation sites is 2. The molecular weight excluding hydrogens is 356 g/mol. The van der Waals surface area contributed by atoms with Crippen LogP contribution in [0.1, 0.15) is 25.7 Å². The molecule has 6 heteroatoms. The molecule has 0 aromatic heterocycles. The second kappa shape index (κ2) is 6.78. The van der Waals surface area contributed by atoms with Gasteiger partial charge in [-0.3, -0.25) is 9.59 Å². The minimum atomic E-state index is -0.777. The average Bonchev–Trinajstić information content (AvgIpc) is 2.73. The van der Waals surface area contributed by atoms with Gasteiger partial charge in [0.05, 0.1) is 5.71 Å². The van der Waals surface area contributed by atoms with Gasteiger partial charge in [-0.2, -0.15) is 0 Å². The third kappa shape index (κ3) is 2.95. The second-order valence-corrected chi connectivity index (χ2v) is 7.34. The van der Waals surface area contributed by atoms with Crippen molar-refractivity contribution in [1.82, 2.24) is 5.32 Å². The lowest BCUT2D eigenvalue weighted by atomic mass is 9.77. The number of allylic oxidation sites excluding steroid dienone is 3. The van der Waals surface area contributed by atoms with Gasteiger partial charge in [-0.05, 0) is 55.5 Å². The van der Waals surface area contributed by atoms with Crippen molar-refractivity contribution in [3.63, 3.8) is 0 Å². The summed E-state index contributed by atoms with van der Waals surface area (Å²) in [6, 6.07) is 7.25. The molecule has 4 aliphatic rings. The highest BCUT2D eigenvalue weighted by Crippen LogP contribution is 2.38. The number of aliphatic imine (C=N–C) groups is 1. The van der Waals surface area contributed by atoms with Crippen LogP contribution >= 0.6 is 0 Å². The molecule has 0 fully saturated rings. The third-order valence-corrected chi connectivity index (χ3v) is 5.54. The number of rotatable bonds is 1. The summed E-state index contributed by atoms with van der Waals surface area (Å²) in [5, 5.41) is 2.98. The number of carbonyl (C=O) groups excluding carboxylic acids is 2. The molecule has 2 amide bonds. The number of nitrogens with zero attached hydrogens (tertiary/aromatic N) is 1. The number of amides is 2. The van der Waals surface area contributed by atoms with Gasteiger partial charge in [0.25, 0.3) is 11.8 Å². The Kier molecular flexibility index (Phi) is 4.11. The highest BCUT2D eigenvalue weighted by atomic mass is 16.6. The van der Waals surface area contributed by atoms with Crippen LogP contribution in [0.5, 0.6) is 11.5 Å². The molecule has 0 radical (unpaired) electrons. The fourth-order valence-electron chi connectivity index (χ4n) is 4.16. The number of carbonyl (C=O) groups is 2. The van der Waals surface area contributed by atoms with E-state index < -0.39 is 12.0 Å². The molecule has 28 heavy (non-hydrogen) atoms. The first kappa shape index (κ1) is 17.0. The van der Waals surface area contributed by atoms with Crippen molar-refractivity contribution in [2.45, 2.75) is 31.8 Å². The van der Waals surface area contributed by atoms with Crippen molar-refractivity contribution in [1.29, 1.82) is 0 Å². The van der Waals surface area contributed by atoms with Crippen molar-refractivity contribution < 1.29 is 19.1 Å². The van der Waals surface area contributed by atoms with Crippen LogP contribution in [0, 0.1) is 5.92 Å². The van der Waals surface area contributed by atoms with E-state index in [1.165, 1.54) is 5.57 Å². The fourth-order valence-corrected chi connectivity index (χ4v) is 4.16. The van der Waals surface area contributed by atoms with E-state index in [2.05, 4.69) is 10.3 Å². The van der Waals surface area contributed by atoms with Crippen molar-refractivity contribution in [2.75, 3.05) is 6.61 Å². The van der Waals surface area contributed by atoms with Crippen LogP contribution in [0.4, 0.5) is 0 Å². The number of fused-ring (bicyclic) bond motifs is 3. The summed E-state index contributed by atoms with van der Waals surface area (Å²) in [7, 11) is 0. The monoisotopic (exact) mass is 376 g/mol. The Balaban J connectivity index is 1.36. The second-order valence-electron chi connectivity index (χ2n) is 7.34. The molecule has 2 aliphatic heterocycles. The summed E-state index contributed by atoms with van der Waals surface area (Å²) >= 11 is 0. The Morgan fingerprint density at radius 3 is 2.86 bits per heavy atom. The van der Waals surface area contributed by atoms with E-state index in [-0.39, 0.29) is 18.4 Å². The lowest BCUT2D eigenvalue weighted by molar-refractivity contribution is -0.126. The van der Waals surface area contributed by atoms with Crippen LogP contribution in [0.3, 0.4) is 0 Å². The Morgan fingerprint density at radius 2 is 1.96 bits per heavy atom. The summed E-state index contributed by atoms with van der Waals surface area (Å²) in [5.74, 6) is 0.843. The van der Waals surface area contributed by atoms with Crippen LogP contribution < -0.4 is 14.8 Å². The van der Waals surface area contributed by atoms with Crippen LogP contribution in [0.25, 0.3) is 0 Å². The van der Waals surface area contributed by atoms with Gasteiger partial charge >= 0.3 is 0 Å². The van der Waals surface area contributed by atoms with E-state index in [0.29, 0.717) is 17.2 Å².